The lowest BCUT2D eigenvalue weighted by Gasteiger charge is -2.13. The third kappa shape index (κ3) is 3.00. The predicted molar refractivity (Wildman–Crippen MR) is 65.4 cm³/mol. The molecule has 18 heavy (non-hydrogen) atoms. The number of nitrogens with zero attached hydrogens (tertiary/aromatic N) is 1. The molecule has 0 bridgehead atoms. The lowest BCUT2D eigenvalue weighted by atomic mass is 10.1. The van der Waals surface area contributed by atoms with E-state index < -0.39 is 12.0 Å². The number of aromatic hydroxyl groups is 1. The van der Waals surface area contributed by atoms with Crippen molar-refractivity contribution >= 4 is 11.8 Å². The molecular formula is C12H13N3O3. The van der Waals surface area contributed by atoms with Crippen molar-refractivity contribution in [2.45, 2.75) is 12.5 Å². The van der Waals surface area contributed by atoms with Gasteiger partial charge in [-0.1, -0.05) is 12.1 Å². The Balaban J connectivity index is 2.06. The van der Waals surface area contributed by atoms with Crippen molar-refractivity contribution in [1.82, 2.24) is 10.2 Å². The normalized spacial score (nSPS) is 12.0. The third-order valence-corrected chi connectivity index (χ3v) is 2.50. The van der Waals surface area contributed by atoms with Gasteiger partial charge in [-0.25, -0.2) is 4.79 Å². The van der Waals surface area contributed by atoms with Crippen molar-refractivity contribution in [3.05, 3.63) is 42.1 Å². The predicted octanol–water partition coefficient (Wildman–Crippen LogP) is 1.22. The number of carboxylic acid groups (broad SMARTS) is 1. The number of aromatic nitrogens is 2. The fourth-order valence-electron chi connectivity index (χ4n) is 1.59. The number of aliphatic carboxylic acids is 1. The van der Waals surface area contributed by atoms with E-state index in [1.54, 1.807) is 24.4 Å². The van der Waals surface area contributed by atoms with Gasteiger partial charge in [0.1, 0.15) is 17.6 Å². The number of phenols is 1. The van der Waals surface area contributed by atoms with Crippen molar-refractivity contribution in [3.8, 4) is 5.75 Å². The Kier molecular flexibility index (Phi) is 3.47. The molecular weight excluding hydrogens is 234 g/mol. The fraction of sp³-hybridized carbons (Fsp3) is 0.167. The highest BCUT2D eigenvalue weighted by molar-refractivity contribution is 5.77. The molecule has 0 aliphatic heterocycles. The molecule has 0 amide bonds. The smallest absolute Gasteiger partial charge is 0.326 e. The van der Waals surface area contributed by atoms with E-state index in [0.717, 1.165) is 5.56 Å². The average molecular weight is 247 g/mol. The Labute approximate surface area is 103 Å². The molecule has 1 heterocycles. The highest BCUT2D eigenvalue weighted by Crippen LogP contribution is 2.13. The van der Waals surface area contributed by atoms with E-state index in [1.807, 2.05) is 0 Å². The molecule has 94 valence electrons. The quantitative estimate of drug-likeness (QED) is 0.637. The zero-order chi connectivity index (χ0) is 13.0. The monoisotopic (exact) mass is 247 g/mol. The zero-order valence-electron chi connectivity index (χ0n) is 9.50. The average Bonchev–Trinajstić information content (AvgIpc) is 2.84. The molecule has 0 radical (unpaired) electrons. The van der Waals surface area contributed by atoms with Crippen molar-refractivity contribution in [2.75, 3.05) is 5.32 Å². The lowest BCUT2D eigenvalue weighted by molar-refractivity contribution is -0.137. The summed E-state index contributed by atoms with van der Waals surface area (Å²) in [4.78, 5) is 11.1. The minimum absolute atomic E-state index is 0.158. The molecule has 0 aliphatic carbocycles. The van der Waals surface area contributed by atoms with Crippen molar-refractivity contribution in [1.29, 1.82) is 0 Å². The molecule has 2 rings (SSSR count). The molecule has 6 heteroatoms. The van der Waals surface area contributed by atoms with Gasteiger partial charge < -0.3 is 15.5 Å². The topological polar surface area (TPSA) is 98.2 Å². The number of H-pyrrole nitrogens is 1. The Bertz CT molecular complexity index is 508. The number of anilines is 1. The number of aromatic amines is 1. The number of hydrogen-bond acceptors (Lipinski definition) is 4. The molecule has 4 N–H and O–H groups in total. The first kappa shape index (κ1) is 12.0. The summed E-state index contributed by atoms with van der Waals surface area (Å²) in [6, 6.07) is 7.34. The van der Waals surface area contributed by atoms with Crippen LogP contribution in [-0.4, -0.2) is 32.4 Å². The second kappa shape index (κ2) is 5.22. The lowest BCUT2D eigenvalue weighted by Crippen LogP contribution is -2.31. The summed E-state index contributed by atoms with van der Waals surface area (Å²) >= 11 is 0. The van der Waals surface area contributed by atoms with E-state index in [0.29, 0.717) is 12.2 Å². The van der Waals surface area contributed by atoms with Gasteiger partial charge in [0.2, 0.25) is 0 Å². The maximum Gasteiger partial charge on any atom is 0.326 e. The minimum atomic E-state index is -0.953. The van der Waals surface area contributed by atoms with Crippen molar-refractivity contribution in [3.63, 3.8) is 0 Å². The van der Waals surface area contributed by atoms with Crippen LogP contribution < -0.4 is 5.32 Å². The molecule has 0 aliphatic rings. The van der Waals surface area contributed by atoms with Crippen molar-refractivity contribution < 1.29 is 15.0 Å². The first-order valence-electron chi connectivity index (χ1n) is 5.42. The van der Waals surface area contributed by atoms with E-state index in [4.69, 9.17) is 10.2 Å². The molecule has 0 spiro atoms. The zero-order valence-corrected chi connectivity index (χ0v) is 9.50. The van der Waals surface area contributed by atoms with E-state index in [2.05, 4.69) is 15.5 Å². The van der Waals surface area contributed by atoms with Crippen LogP contribution in [-0.2, 0) is 11.2 Å². The van der Waals surface area contributed by atoms with Crippen molar-refractivity contribution in [2.24, 2.45) is 0 Å². The summed E-state index contributed by atoms with van der Waals surface area (Å²) in [7, 11) is 0. The molecule has 1 atom stereocenters. The van der Waals surface area contributed by atoms with Crippen LogP contribution in [0.2, 0.25) is 0 Å². The summed E-state index contributed by atoms with van der Waals surface area (Å²) in [5, 5.41) is 27.6. The number of hydrogen-bond donors (Lipinski definition) is 4. The van der Waals surface area contributed by atoms with E-state index in [9.17, 15) is 4.79 Å². The van der Waals surface area contributed by atoms with Gasteiger partial charge in [-0.05, 0) is 23.8 Å². The van der Waals surface area contributed by atoms with Crippen LogP contribution in [0, 0.1) is 0 Å². The SMILES string of the molecule is O=C(O)C(Cc1ccc(O)cc1)Nc1cc[nH]n1. The van der Waals surface area contributed by atoms with Gasteiger partial charge in [0.15, 0.2) is 0 Å². The van der Waals surface area contributed by atoms with Crippen LogP contribution in [0.5, 0.6) is 5.75 Å². The largest absolute Gasteiger partial charge is 0.508 e. The summed E-state index contributed by atoms with van der Waals surface area (Å²) in [6.07, 6.45) is 1.92. The van der Waals surface area contributed by atoms with Crippen LogP contribution in [0.3, 0.4) is 0 Å². The van der Waals surface area contributed by atoms with Crippen LogP contribution in [0.25, 0.3) is 0 Å². The Morgan fingerprint density at radius 2 is 2.06 bits per heavy atom. The summed E-state index contributed by atoms with van der Waals surface area (Å²) < 4.78 is 0. The number of nitrogens with one attached hydrogen (secondary N) is 2. The molecule has 2 aromatic rings. The summed E-state index contributed by atoms with van der Waals surface area (Å²) in [5.74, 6) is -0.307. The van der Waals surface area contributed by atoms with Gasteiger partial charge in [0, 0.05) is 12.6 Å². The first-order valence-corrected chi connectivity index (χ1v) is 5.42. The Morgan fingerprint density at radius 1 is 1.33 bits per heavy atom. The van der Waals surface area contributed by atoms with E-state index in [-0.39, 0.29) is 5.75 Å². The minimum Gasteiger partial charge on any atom is -0.508 e. The summed E-state index contributed by atoms with van der Waals surface area (Å²) in [5.41, 5.74) is 0.822. The second-order valence-corrected chi connectivity index (χ2v) is 3.87. The number of rotatable bonds is 5. The standard InChI is InChI=1S/C12H13N3O3/c16-9-3-1-8(2-4-9)7-10(12(17)18)14-11-5-6-13-15-11/h1-6,10,16H,7H2,(H,17,18)(H2,13,14,15). The maximum atomic E-state index is 11.1. The molecule has 1 aromatic heterocycles. The Hall–Kier alpha value is -2.50. The van der Waals surface area contributed by atoms with Gasteiger partial charge in [-0.3, -0.25) is 5.10 Å². The van der Waals surface area contributed by atoms with Gasteiger partial charge >= 0.3 is 5.97 Å². The third-order valence-electron chi connectivity index (χ3n) is 2.50. The molecule has 0 fully saturated rings. The van der Waals surface area contributed by atoms with Gasteiger partial charge in [0.05, 0.1) is 0 Å². The molecule has 6 nitrogen and oxygen atoms in total. The maximum absolute atomic E-state index is 11.1. The molecule has 0 saturated carbocycles. The van der Waals surface area contributed by atoms with E-state index in [1.165, 1.54) is 12.1 Å². The number of carboxylic acids is 1. The first-order chi connectivity index (χ1) is 8.65. The van der Waals surface area contributed by atoms with Crippen LogP contribution in [0.4, 0.5) is 5.82 Å². The van der Waals surface area contributed by atoms with Crippen LogP contribution in [0.15, 0.2) is 36.5 Å². The van der Waals surface area contributed by atoms with Crippen LogP contribution in [0.1, 0.15) is 5.56 Å². The fourth-order valence-corrected chi connectivity index (χ4v) is 1.59. The molecule has 0 saturated heterocycles. The van der Waals surface area contributed by atoms with Crippen LogP contribution >= 0.6 is 0 Å². The van der Waals surface area contributed by atoms with Gasteiger partial charge in [0.25, 0.3) is 0 Å². The number of benzene rings is 1. The molecule has 1 unspecified atom stereocenters. The van der Waals surface area contributed by atoms with Gasteiger partial charge in [-0.15, -0.1) is 0 Å². The second-order valence-electron chi connectivity index (χ2n) is 3.87. The van der Waals surface area contributed by atoms with E-state index >= 15 is 0 Å². The van der Waals surface area contributed by atoms with Gasteiger partial charge in [-0.2, -0.15) is 5.10 Å². The Morgan fingerprint density at radius 3 is 2.61 bits per heavy atom. The summed E-state index contributed by atoms with van der Waals surface area (Å²) in [6.45, 7) is 0. The number of phenolic OH excluding ortho intramolecular Hbond substituents is 1. The number of carbonyl (C=O) groups is 1. The highest BCUT2D eigenvalue weighted by atomic mass is 16.4. The highest BCUT2D eigenvalue weighted by Gasteiger charge is 2.18. The molecule has 1 aromatic carbocycles.